The Morgan fingerprint density at radius 3 is 2.24 bits per heavy atom. The van der Waals surface area contributed by atoms with Crippen molar-refractivity contribution in [2.24, 2.45) is 5.92 Å². The fourth-order valence-corrected chi connectivity index (χ4v) is 1.50. The molecule has 0 aliphatic heterocycles. The Bertz CT molecular complexity index is 382. The van der Waals surface area contributed by atoms with Gasteiger partial charge in [0.15, 0.2) is 5.92 Å². The van der Waals surface area contributed by atoms with Crippen LogP contribution >= 0.6 is 0 Å². The molecule has 0 fully saturated rings. The summed E-state index contributed by atoms with van der Waals surface area (Å²) < 4.78 is 41.5. The maximum Gasteiger partial charge on any atom is 0.413 e. The van der Waals surface area contributed by atoms with E-state index in [0.29, 0.717) is 12.8 Å². The van der Waals surface area contributed by atoms with Crippen LogP contribution in [0, 0.1) is 5.92 Å². The van der Waals surface area contributed by atoms with Crippen LogP contribution in [0.25, 0.3) is 0 Å². The van der Waals surface area contributed by atoms with Gasteiger partial charge in [-0.3, -0.25) is 4.79 Å². The minimum atomic E-state index is -3.97. The molecule has 122 valence electrons. The van der Waals surface area contributed by atoms with Crippen molar-refractivity contribution in [3.8, 4) is 0 Å². The summed E-state index contributed by atoms with van der Waals surface area (Å²) in [7, 11) is 1.31. The second-order valence-corrected chi connectivity index (χ2v) is 4.58. The normalized spacial score (nSPS) is 14.2. The minimum absolute atomic E-state index is 0.182. The molecule has 0 aromatic heterocycles. The number of hydrogen-bond acceptors (Lipinski definition) is 5. The number of rotatable bonds is 9. The van der Waals surface area contributed by atoms with Crippen molar-refractivity contribution in [1.82, 2.24) is 0 Å². The molecule has 0 heterocycles. The van der Waals surface area contributed by atoms with Gasteiger partial charge in [-0.1, -0.05) is 26.8 Å². The number of carbonyl (C=O) groups excluding carboxylic acids is 2. The summed E-state index contributed by atoms with van der Waals surface area (Å²) in [4.78, 5) is 23.0. The van der Waals surface area contributed by atoms with Crippen molar-refractivity contribution >= 4 is 11.9 Å². The fraction of sp³-hybridized carbons (Fsp3) is 0.714. The van der Waals surface area contributed by atoms with Gasteiger partial charge in [0.2, 0.25) is 6.29 Å². The van der Waals surface area contributed by atoms with E-state index in [-0.39, 0.29) is 12.0 Å². The molecule has 5 nitrogen and oxygen atoms in total. The number of methoxy groups -OCH3 is 1. The Morgan fingerprint density at radius 1 is 1.29 bits per heavy atom. The number of esters is 2. The molecular weight excluding hydrogens is 286 g/mol. The fourth-order valence-electron chi connectivity index (χ4n) is 1.50. The van der Waals surface area contributed by atoms with Gasteiger partial charge >= 0.3 is 18.0 Å². The van der Waals surface area contributed by atoms with Crippen LogP contribution in [0.5, 0.6) is 0 Å². The molecule has 0 radical (unpaired) electrons. The van der Waals surface area contributed by atoms with Gasteiger partial charge < -0.3 is 14.2 Å². The van der Waals surface area contributed by atoms with Gasteiger partial charge in [-0.2, -0.15) is 8.78 Å². The zero-order chi connectivity index (χ0) is 16.6. The molecule has 0 aliphatic carbocycles. The molecule has 0 amide bonds. The van der Waals surface area contributed by atoms with E-state index in [9.17, 15) is 18.4 Å². The van der Waals surface area contributed by atoms with E-state index in [1.165, 1.54) is 21.0 Å². The van der Waals surface area contributed by atoms with Gasteiger partial charge in [-0.25, -0.2) is 4.79 Å². The van der Waals surface area contributed by atoms with Gasteiger partial charge in [-0.05, 0) is 13.3 Å². The molecule has 2 unspecified atom stereocenters. The van der Waals surface area contributed by atoms with Gasteiger partial charge in [-0.15, -0.1) is 0 Å². The summed E-state index contributed by atoms with van der Waals surface area (Å²) >= 11 is 0. The van der Waals surface area contributed by atoms with E-state index in [1.807, 2.05) is 6.92 Å². The van der Waals surface area contributed by atoms with Crippen LogP contribution in [-0.2, 0) is 23.8 Å². The highest BCUT2D eigenvalue weighted by atomic mass is 19.3. The second kappa shape index (κ2) is 8.71. The van der Waals surface area contributed by atoms with Crippen LogP contribution in [-0.4, -0.2) is 31.4 Å². The Hall–Kier alpha value is -1.50. The maximum atomic E-state index is 13.9. The monoisotopic (exact) mass is 308 g/mol. The van der Waals surface area contributed by atoms with Gasteiger partial charge in [0, 0.05) is 19.1 Å². The highest BCUT2D eigenvalue weighted by Crippen LogP contribution is 2.31. The van der Waals surface area contributed by atoms with Crippen molar-refractivity contribution in [3.05, 3.63) is 12.2 Å². The van der Waals surface area contributed by atoms with Crippen LogP contribution < -0.4 is 0 Å². The molecule has 0 saturated heterocycles. The number of carbonyl (C=O) groups is 2. The number of hydrogen-bond donors (Lipinski definition) is 0. The largest absolute Gasteiger partial charge is 0.435 e. The Morgan fingerprint density at radius 2 is 1.86 bits per heavy atom. The highest BCUT2D eigenvalue weighted by molar-refractivity contribution is 5.87. The molecule has 0 bridgehead atoms. The van der Waals surface area contributed by atoms with Crippen LogP contribution in [0.1, 0.15) is 40.0 Å². The van der Waals surface area contributed by atoms with Crippen molar-refractivity contribution < 1.29 is 32.6 Å². The van der Waals surface area contributed by atoms with Crippen LogP contribution in [0.2, 0.25) is 0 Å². The highest BCUT2D eigenvalue weighted by Gasteiger charge is 2.48. The standard InChI is InChI=1S/C14H22F2O5/c1-6-8-11(19-5)20-13(18)10(7-2)14(15,16)21-12(17)9(3)4/h10-11H,3,6-8H2,1-2,4-5H3. The number of ether oxygens (including phenoxy) is 3. The quantitative estimate of drug-likeness (QED) is 0.372. The van der Waals surface area contributed by atoms with E-state index in [1.54, 1.807) is 0 Å². The minimum Gasteiger partial charge on any atom is -0.435 e. The molecule has 2 atom stereocenters. The molecule has 0 N–H and O–H groups in total. The maximum absolute atomic E-state index is 13.9. The third kappa shape index (κ3) is 6.20. The lowest BCUT2D eigenvalue weighted by atomic mass is 10.1. The van der Waals surface area contributed by atoms with E-state index < -0.39 is 30.3 Å². The summed E-state index contributed by atoms with van der Waals surface area (Å²) in [6.45, 7) is 7.65. The summed E-state index contributed by atoms with van der Waals surface area (Å²) in [5.41, 5.74) is -0.182. The first-order chi connectivity index (χ1) is 9.69. The average Bonchev–Trinajstić information content (AvgIpc) is 2.37. The van der Waals surface area contributed by atoms with E-state index in [0.717, 1.165) is 0 Å². The average molecular weight is 308 g/mol. The van der Waals surface area contributed by atoms with Crippen LogP contribution in [0.3, 0.4) is 0 Å². The van der Waals surface area contributed by atoms with Crippen LogP contribution in [0.15, 0.2) is 12.2 Å². The Labute approximate surface area is 123 Å². The lowest BCUT2D eigenvalue weighted by Gasteiger charge is -2.25. The third-order valence-electron chi connectivity index (χ3n) is 2.71. The molecule has 7 heteroatoms. The Balaban J connectivity index is 4.91. The first kappa shape index (κ1) is 19.5. The molecule has 0 aromatic rings. The molecule has 21 heavy (non-hydrogen) atoms. The van der Waals surface area contributed by atoms with Gasteiger partial charge in [0.1, 0.15) is 0 Å². The smallest absolute Gasteiger partial charge is 0.413 e. The molecule has 0 saturated carbocycles. The first-order valence-electron chi connectivity index (χ1n) is 6.69. The SMILES string of the molecule is C=C(C)C(=O)OC(F)(F)C(CC)C(=O)OC(CCC)OC. The van der Waals surface area contributed by atoms with Crippen molar-refractivity contribution in [3.63, 3.8) is 0 Å². The summed E-state index contributed by atoms with van der Waals surface area (Å²) in [5, 5.41) is 0. The second-order valence-electron chi connectivity index (χ2n) is 4.58. The number of halogens is 2. The Kier molecular flexibility index (Phi) is 8.09. The number of alkyl halides is 2. The molecular formula is C14H22F2O5. The van der Waals surface area contributed by atoms with Gasteiger partial charge in [0.25, 0.3) is 0 Å². The topological polar surface area (TPSA) is 61.8 Å². The lowest BCUT2D eigenvalue weighted by Crippen LogP contribution is -2.41. The molecule has 0 aliphatic rings. The zero-order valence-electron chi connectivity index (χ0n) is 12.8. The molecule has 0 rings (SSSR count). The van der Waals surface area contributed by atoms with Crippen molar-refractivity contribution in [2.75, 3.05) is 7.11 Å². The summed E-state index contributed by atoms with van der Waals surface area (Å²) in [6.07, 6.45) is -4.08. The lowest BCUT2D eigenvalue weighted by molar-refractivity contribution is -0.262. The van der Waals surface area contributed by atoms with E-state index in [2.05, 4.69) is 11.3 Å². The van der Waals surface area contributed by atoms with Crippen LogP contribution in [0.4, 0.5) is 8.78 Å². The first-order valence-corrected chi connectivity index (χ1v) is 6.69. The predicted octanol–water partition coefficient (Wildman–Crippen LogP) is 3.04. The molecule has 0 aromatic carbocycles. The van der Waals surface area contributed by atoms with E-state index >= 15 is 0 Å². The van der Waals surface area contributed by atoms with Crippen molar-refractivity contribution in [1.29, 1.82) is 0 Å². The zero-order valence-corrected chi connectivity index (χ0v) is 12.8. The van der Waals surface area contributed by atoms with Crippen molar-refractivity contribution in [2.45, 2.75) is 52.4 Å². The molecule has 0 spiro atoms. The predicted molar refractivity (Wildman–Crippen MR) is 71.4 cm³/mol. The van der Waals surface area contributed by atoms with E-state index in [4.69, 9.17) is 9.47 Å². The third-order valence-corrected chi connectivity index (χ3v) is 2.71. The van der Waals surface area contributed by atoms with Gasteiger partial charge in [0.05, 0.1) is 0 Å². The summed E-state index contributed by atoms with van der Waals surface area (Å²) in [5.74, 6) is -4.32. The summed E-state index contributed by atoms with van der Waals surface area (Å²) in [6, 6.07) is 0.